The van der Waals surface area contributed by atoms with Gasteiger partial charge in [0.15, 0.2) is 29.5 Å². The predicted molar refractivity (Wildman–Crippen MR) is 132 cm³/mol. The van der Waals surface area contributed by atoms with Crippen LogP contribution in [0.3, 0.4) is 0 Å². The van der Waals surface area contributed by atoms with E-state index in [0.717, 1.165) is 0 Å². The number of halogens is 9. The average molecular weight is 761 g/mol. The Morgan fingerprint density at radius 2 is 0.610 bits per heavy atom. The molecule has 3 aromatic rings. The maximum absolute atomic E-state index is 12.0. The van der Waals surface area contributed by atoms with Gasteiger partial charge in [-0.3, -0.25) is 25.3 Å². The molecule has 6 nitrogen and oxygen atoms in total. The van der Waals surface area contributed by atoms with Gasteiger partial charge in [0, 0.05) is 0 Å². The molecule has 0 heterocycles. The Bertz CT molecular complexity index is 1430. The molecule has 0 aromatic heterocycles. The van der Waals surface area contributed by atoms with Crippen LogP contribution in [0.5, 0.6) is 0 Å². The van der Waals surface area contributed by atoms with Crippen molar-refractivity contribution in [2.75, 3.05) is 0 Å². The number of hydrogen-bond acceptors (Lipinski definition) is 6. The van der Waals surface area contributed by atoms with Crippen LogP contribution in [-0.4, -0.2) is 61.5 Å². The molecular formula is C22H15F9O6S3Sn. The van der Waals surface area contributed by atoms with E-state index in [1.165, 1.54) is 10.7 Å². The van der Waals surface area contributed by atoms with Crippen LogP contribution >= 0.6 is 0 Å². The van der Waals surface area contributed by atoms with E-state index in [1.807, 2.05) is 0 Å². The Morgan fingerprint density at radius 3 is 0.780 bits per heavy atom. The van der Waals surface area contributed by atoms with Crippen LogP contribution in [0, 0.1) is 3.91 Å². The van der Waals surface area contributed by atoms with Gasteiger partial charge in [-0.05, 0) is 0 Å². The molecule has 0 aliphatic rings. The summed E-state index contributed by atoms with van der Waals surface area (Å²) in [6.07, 6.45) is 0. The van der Waals surface area contributed by atoms with E-state index in [9.17, 15) is 64.8 Å². The van der Waals surface area contributed by atoms with E-state index in [0.29, 0.717) is 0 Å². The number of hydrogen-bond donors (Lipinski definition) is 0. The predicted octanol–water partition coefficient (Wildman–Crippen LogP) is 3.44. The molecule has 19 heteroatoms. The third-order valence-corrected chi connectivity index (χ3v) is 19.7. The molecule has 0 unspecified atom stereocenters. The first-order valence-corrected chi connectivity index (χ1v) is 19.1. The van der Waals surface area contributed by atoms with E-state index < -0.39 is 69.7 Å². The van der Waals surface area contributed by atoms with Gasteiger partial charge in [-0.2, -0.15) is 39.5 Å². The average Bonchev–Trinajstić information content (AvgIpc) is 2.84. The van der Waals surface area contributed by atoms with Crippen molar-refractivity contribution in [3.05, 3.63) is 94.9 Å². The van der Waals surface area contributed by atoms with Crippen molar-refractivity contribution < 1.29 is 64.8 Å². The molecule has 0 aliphatic carbocycles. The minimum atomic E-state index is -8.02. The van der Waals surface area contributed by atoms with E-state index in [-0.39, 0.29) is 0 Å². The Balaban J connectivity index is 0.000000288. The summed E-state index contributed by atoms with van der Waals surface area (Å²) in [6, 6.07) is 32.9. The third kappa shape index (κ3) is 7.75. The Kier molecular flexibility index (Phi) is 10.6. The van der Waals surface area contributed by atoms with E-state index >= 15 is 0 Å². The summed E-state index contributed by atoms with van der Waals surface area (Å²) in [4.78, 5) is 0. The first-order chi connectivity index (χ1) is 18.6. The standard InChI is InChI=1S/3C6H5.C4F9O6S3.Sn/c3*1-2-4-6-5-3-1;5-2(6,7)20(14,15)1(21(16,17)3(8,9)10)22(18,19)4(11,12)13;/h3*1-5H;;/q;;;-1;+1. The Hall–Kier alpha value is -2.32. The van der Waals surface area contributed by atoms with Gasteiger partial charge in [-0.25, -0.2) is 0 Å². The molecule has 0 saturated carbocycles. The molecule has 3 aromatic carbocycles. The Morgan fingerprint density at radius 1 is 0.415 bits per heavy atom. The van der Waals surface area contributed by atoms with Gasteiger partial charge in [-0.1, -0.05) is 0 Å². The van der Waals surface area contributed by atoms with Crippen molar-refractivity contribution in [1.82, 2.24) is 0 Å². The van der Waals surface area contributed by atoms with Crippen molar-refractivity contribution in [1.29, 1.82) is 0 Å². The first kappa shape index (κ1) is 34.9. The Labute approximate surface area is 235 Å². The SMILES string of the molecule is O=S(=O)([C-](S(=O)(=O)C(F)(F)F)S(=O)(=O)C(F)(F)F)C(F)(F)F.c1cc[c]([Sn+]([c]2ccccc2)[c]2ccccc2)cc1. The van der Waals surface area contributed by atoms with Crippen molar-refractivity contribution in [2.45, 2.75) is 16.5 Å². The second kappa shape index (κ2) is 12.5. The third-order valence-electron chi connectivity index (χ3n) is 4.76. The molecule has 41 heavy (non-hydrogen) atoms. The van der Waals surface area contributed by atoms with Gasteiger partial charge in [0.1, 0.15) is 0 Å². The summed E-state index contributed by atoms with van der Waals surface area (Å²) in [7, 11) is -24.1. The van der Waals surface area contributed by atoms with Crippen LogP contribution in [0.25, 0.3) is 0 Å². The van der Waals surface area contributed by atoms with Gasteiger partial charge in [-0.15, -0.1) is 0 Å². The second-order valence-electron chi connectivity index (χ2n) is 7.57. The monoisotopic (exact) mass is 762 g/mol. The van der Waals surface area contributed by atoms with Crippen LogP contribution in [0.4, 0.5) is 39.5 Å². The van der Waals surface area contributed by atoms with E-state index in [2.05, 4.69) is 91.0 Å². The number of alkyl halides is 9. The fourth-order valence-corrected chi connectivity index (χ4v) is 16.1. The fourth-order valence-electron chi connectivity index (χ4n) is 3.03. The van der Waals surface area contributed by atoms with Crippen molar-refractivity contribution >= 4 is 60.0 Å². The van der Waals surface area contributed by atoms with Gasteiger partial charge >= 0.3 is 138 Å². The minimum absolute atomic E-state index is 1.53. The molecule has 224 valence electrons. The van der Waals surface area contributed by atoms with E-state index in [4.69, 9.17) is 0 Å². The molecule has 0 bridgehead atoms. The molecule has 0 spiro atoms. The normalized spacial score (nSPS) is 13.3. The summed E-state index contributed by atoms with van der Waals surface area (Å²) in [6.45, 7) is 0. The van der Waals surface area contributed by atoms with Gasteiger partial charge in [0.05, 0.1) is 3.91 Å². The molecule has 0 amide bonds. The molecule has 0 N–H and O–H groups in total. The van der Waals surface area contributed by atoms with Crippen LogP contribution in [0.2, 0.25) is 0 Å². The van der Waals surface area contributed by atoms with Gasteiger partial charge in [0.2, 0.25) is 0 Å². The van der Waals surface area contributed by atoms with Crippen molar-refractivity contribution in [2.24, 2.45) is 0 Å². The summed E-state index contributed by atoms with van der Waals surface area (Å²) in [5.74, 6) is 0. The van der Waals surface area contributed by atoms with Gasteiger partial charge < -0.3 is 0 Å². The van der Waals surface area contributed by atoms with Crippen LogP contribution in [-0.2, 0) is 29.5 Å². The fraction of sp³-hybridized carbons (Fsp3) is 0.136. The van der Waals surface area contributed by atoms with Gasteiger partial charge in [0.25, 0.3) is 0 Å². The van der Waals surface area contributed by atoms with Crippen molar-refractivity contribution in [3.8, 4) is 0 Å². The van der Waals surface area contributed by atoms with E-state index in [1.54, 1.807) is 0 Å². The maximum atomic E-state index is 12.0. The quantitative estimate of drug-likeness (QED) is 0.217. The number of rotatable bonds is 6. The molecule has 0 radical (unpaired) electrons. The molecule has 3 rings (SSSR count). The number of sulfone groups is 3. The molecular weight excluding hydrogens is 746 g/mol. The molecule has 0 atom stereocenters. The zero-order valence-electron chi connectivity index (χ0n) is 19.7. The summed E-state index contributed by atoms with van der Waals surface area (Å²) < 4.78 is 172. The summed E-state index contributed by atoms with van der Waals surface area (Å²) in [5.41, 5.74) is -21.2. The topological polar surface area (TPSA) is 102 Å². The molecule has 0 saturated heterocycles. The zero-order valence-corrected chi connectivity index (χ0v) is 25.0. The zero-order chi connectivity index (χ0) is 31.5. The second-order valence-corrected chi connectivity index (χ2v) is 21.1. The molecule has 0 aliphatic heterocycles. The molecule has 0 fully saturated rings. The van der Waals surface area contributed by atoms with Crippen molar-refractivity contribution in [3.63, 3.8) is 0 Å². The van der Waals surface area contributed by atoms with Crippen LogP contribution in [0.1, 0.15) is 0 Å². The number of benzene rings is 3. The van der Waals surface area contributed by atoms with Crippen LogP contribution in [0.15, 0.2) is 91.0 Å². The first-order valence-electron chi connectivity index (χ1n) is 10.4. The summed E-state index contributed by atoms with van der Waals surface area (Å²) >= 11 is -1.98. The van der Waals surface area contributed by atoms with Crippen LogP contribution < -0.4 is 10.7 Å². The summed E-state index contributed by atoms with van der Waals surface area (Å²) in [5, 5.41) is 0.